The zero-order chi connectivity index (χ0) is 15.7. The molecule has 0 radical (unpaired) electrons. The van der Waals surface area contributed by atoms with Gasteiger partial charge in [-0.05, 0) is 34.0 Å². The molecule has 0 saturated heterocycles. The number of nitrogens with two attached hydrogens (primary N) is 1. The fourth-order valence-corrected chi connectivity index (χ4v) is 0.880. The van der Waals surface area contributed by atoms with Crippen molar-refractivity contribution in [3.05, 3.63) is 0 Å². The molecule has 1 atom stereocenters. The summed E-state index contributed by atoms with van der Waals surface area (Å²) in [4.78, 5) is 12.0. The lowest BCUT2D eigenvalue weighted by Gasteiger charge is -1.95. The number of nitrogens with zero attached hydrogens (tertiary/aromatic N) is 1. The molecule has 0 fully saturated rings. The Balaban J connectivity index is -0.000000238. The Hall–Kier alpha value is -0.650. The summed E-state index contributed by atoms with van der Waals surface area (Å²) in [6.45, 7) is 3.97. The van der Waals surface area contributed by atoms with Gasteiger partial charge in [-0.3, -0.25) is 4.79 Å². The second-order valence-corrected chi connectivity index (χ2v) is 4.88. The normalized spacial score (nSPS) is 10.9. The van der Waals surface area contributed by atoms with Gasteiger partial charge in [0.25, 0.3) is 0 Å². The third-order valence-electron chi connectivity index (χ3n) is 1.91. The molecule has 0 saturated carbocycles. The topological polar surface area (TPSA) is 86.8 Å². The summed E-state index contributed by atoms with van der Waals surface area (Å²) in [7, 11) is 6.00. The monoisotopic (exact) mass is 278 g/mol. The minimum absolute atomic E-state index is 0.337. The molecule has 5 nitrogen and oxygen atoms in total. The van der Waals surface area contributed by atoms with Crippen molar-refractivity contribution < 1.29 is 15.0 Å². The summed E-state index contributed by atoms with van der Waals surface area (Å²) >= 11 is 0. The number of carboxylic acid groups (broad SMARTS) is 1. The number of hydrogen-bond donors (Lipinski definition) is 3. The smallest absolute Gasteiger partial charge is 0.303 e. The van der Waals surface area contributed by atoms with Gasteiger partial charge >= 0.3 is 5.97 Å². The van der Waals surface area contributed by atoms with Crippen LogP contribution in [0.2, 0.25) is 0 Å². The lowest BCUT2D eigenvalue weighted by atomic mass is 10.1. The van der Waals surface area contributed by atoms with Crippen molar-refractivity contribution in [1.82, 2.24) is 4.90 Å². The van der Waals surface area contributed by atoms with E-state index in [1.54, 1.807) is 0 Å². The van der Waals surface area contributed by atoms with Crippen LogP contribution >= 0.6 is 0 Å². The van der Waals surface area contributed by atoms with Crippen LogP contribution in [0.5, 0.6) is 0 Å². The number of aliphatic hydroxyl groups excluding tert-OH is 1. The largest absolute Gasteiger partial charge is 0.481 e. The Morgan fingerprint density at radius 3 is 1.74 bits per heavy atom. The van der Waals surface area contributed by atoms with Crippen molar-refractivity contribution in [2.24, 2.45) is 5.73 Å². The van der Waals surface area contributed by atoms with Crippen LogP contribution in [0.15, 0.2) is 0 Å². The minimum atomic E-state index is -0.670. The maximum Gasteiger partial charge on any atom is 0.303 e. The molecule has 0 aromatic rings. The van der Waals surface area contributed by atoms with E-state index < -0.39 is 12.2 Å². The third-order valence-corrected chi connectivity index (χ3v) is 1.91. The van der Waals surface area contributed by atoms with Crippen LogP contribution in [0.25, 0.3) is 0 Å². The van der Waals surface area contributed by atoms with Crippen molar-refractivity contribution in [1.29, 1.82) is 0 Å². The van der Waals surface area contributed by atoms with Crippen LogP contribution in [0.4, 0.5) is 0 Å². The van der Waals surface area contributed by atoms with E-state index in [2.05, 4.69) is 6.92 Å². The third kappa shape index (κ3) is 58.6. The quantitative estimate of drug-likeness (QED) is 0.491. The molecular weight excluding hydrogens is 244 g/mol. The highest BCUT2D eigenvalue weighted by Crippen LogP contribution is 2.04. The Morgan fingerprint density at radius 2 is 1.47 bits per heavy atom. The molecule has 19 heavy (non-hydrogen) atoms. The maximum atomic E-state index is 10.0. The standard InChI is InChI=1S/C8H16O2.C3H9NO.C3H9N/c1-2-3-4-5-6-7-8(9)10;1-2-3(4)5;1-4(2)3/h2-7H2,1H3,(H,9,10);3,5H,2,4H2,1H3;1-3H3. The summed E-state index contributed by atoms with van der Waals surface area (Å²) in [5.74, 6) is -0.670. The molecule has 0 aliphatic carbocycles. The van der Waals surface area contributed by atoms with Gasteiger partial charge in [-0.1, -0.05) is 39.5 Å². The molecule has 0 amide bonds. The van der Waals surface area contributed by atoms with Crippen molar-refractivity contribution in [2.45, 2.75) is 65.0 Å². The molecule has 0 heterocycles. The summed E-state index contributed by atoms with van der Waals surface area (Å²) in [5.41, 5.74) is 4.85. The molecule has 0 aliphatic rings. The molecule has 0 aliphatic heterocycles. The Bertz CT molecular complexity index is 171. The number of unbranched alkanes of at least 4 members (excludes halogenated alkanes) is 4. The Labute approximate surface area is 118 Å². The highest BCUT2D eigenvalue weighted by Gasteiger charge is 1.94. The molecule has 0 rings (SSSR count). The van der Waals surface area contributed by atoms with Crippen molar-refractivity contribution in [2.75, 3.05) is 21.1 Å². The number of rotatable bonds is 7. The van der Waals surface area contributed by atoms with Crippen LogP contribution in [-0.4, -0.2) is 48.5 Å². The van der Waals surface area contributed by atoms with Gasteiger partial charge in [0.1, 0.15) is 6.23 Å². The van der Waals surface area contributed by atoms with E-state index in [9.17, 15) is 4.79 Å². The SMILES string of the molecule is CCC(N)O.CCCCCCCC(=O)O.CN(C)C. The van der Waals surface area contributed by atoms with Gasteiger partial charge in [0, 0.05) is 6.42 Å². The number of hydrogen-bond acceptors (Lipinski definition) is 4. The zero-order valence-corrected chi connectivity index (χ0v) is 13.4. The van der Waals surface area contributed by atoms with Gasteiger partial charge in [-0.15, -0.1) is 0 Å². The maximum absolute atomic E-state index is 10.0. The predicted molar refractivity (Wildman–Crippen MR) is 81.1 cm³/mol. The minimum Gasteiger partial charge on any atom is -0.481 e. The summed E-state index contributed by atoms with van der Waals surface area (Å²) < 4.78 is 0. The fourth-order valence-electron chi connectivity index (χ4n) is 0.880. The van der Waals surface area contributed by atoms with Gasteiger partial charge in [-0.25, -0.2) is 0 Å². The number of carbonyl (C=O) groups is 1. The van der Waals surface area contributed by atoms with Gasteiger partial charge in [0.15, 0.2) is 0 Å². The van der Waals surface area contributed by atoms with Crippen molar-refractivity contribution >= 4 is 5.97 Å². The molecule has 0 spiro atoms. The van der Waals surface area contributed by atoms with Gasteiger partial charge < -0.3 is 20.8 Å². The van der Waals surface area contributed by atoms with Crippen LogP contribution in [0.1, 0.15) is 58.8 Å². The average molecular weight is 278 g/mol. The van der Waals surface area contributed by atoms with E-state index in [0.717, 1.165) is 12.8 Å². The molecular formula is C14H34N2O3. The summed E-state index contributed by atoms with van der Waals surface area (Å²) in [5, 5.41) is 16.4. The van der Waals surface area contributed by atoms with Crippen molar-refractivity contribution in [3.63, 3.8) is 0 Å². The first-order valence-corrected chi connectivity index (χ1v) is 7.04. The molecule has 0 aromatic heterocycles. The molecule has 118 valence electrons. The Kier molecular flexibility index (Phi) is 24.3. The zero-order valence-electron chi connectivity index (χ0n) is 13.4. The molecule has 5 heteroatoms. The van der Waals surface area contributed by atoms with Crippen molar-refractivity contribution in [3.8, 4) is 0 Å². The van der Waals surface area contributed by atoms with E-state index in [1.165, 1.54) is 19.3 Å². The van der Waals surface area contributed by atoms with Crippen LogP contribution in [0, 0.1) is 0 Å². The average Bonchev–Trinajstić information content (AvgIpc) is 2.28. The number of aliphatic carboxylic acids is 1. The number of carboxylic acids is 1. The second-order valence-electron chi connectivity index (χ2n) is 4.88. The van der Waals surface area contributed by atoms with E-state index in [1.807, 2.05) is 33.0 Å². The first kappa shape index (κ1) is 23.4. The fraction of sp³-hybridized carbons (Fsp3) is 0.929. The number of aliphatic hydroxyl groups is 1. The lowest BCUT2D eigenvalue weighted by molar-refractivity contribution is -0.137. The predicted octanol–water partition coefficient (Wildman–Crippen LogP) is 2.28. The first-order chi connectivity index (χ1) is 8.77. The highest BCUT2D eigenvalue weighted by molar-refractivity contribution is 5.66. The Morgan fingerprint density at radius 1 is 1.11 bits per heavy atom. The van der Waals surface area contributed by atoms with E-state index in [4.69, 9.17) is 15.9 Å². The van der Waals surface area contributed by atoms with E-state index >= 15 is 0 Å². The van der Waals surface area contributed by atoms with Crippen LogP contribution < -0.4 is 5.73 Å². The molecule has 0 aromatic carbocycles. The molecule has 4 N–H and O–H groups in total. The highest BCUT2D eigenvalue weighted by atomic mass is 16.4. The second kappa shape index (κ2) is 19.7. The van der Waals surface area contributed by atoms with Gasteiger partial charge in [-0.2, -0.15) is 0 Å². The summed E-state index contributed by atoms with van der Waals surface area (Å²) in [6.07, 6.45) is 5.91. The van der Waals surface area contributed by atoms with E-state index in [0.29, 0.717) is 12.8 Å². The van der Waals surface area contributed by atoms with Gasteiger partial charge in [0.2, 0.25) is 0 Å². The van der Waals surface area contributed by atoms with Crippen LogP contribution in [-0.2, 0) is 4.79 Å². The summed E-state index contributed by atoms with van der Waals surface area (Å²) in [6, 6.07) is 0. The lowest BCUT2D eigenvalue weighted by Crippen LogP contribution is -2.16. The molecule has 0 bridgehead atoms. The first-order valence-electron chi connectivity index (χ1n) is 7.04. The van der Waals surface area contributed by atoms with Gasteiger partial charge in [0.05, 0.1) is 0 Å². The van der Waals surface area contributed by atoms with Crippen LogP contribution in [0.3, 0.4) is 0 Å². The molecule has 1 unspecified atom stereocenters. The van der Waals surface area contributed by atoms with E-state index in [-0.39, 0.29) is 0 Å².